The molecule has 292 valence electrons. The van der Waals surface area contributed by atoms with Crippen LogP contribution in [0.5, 0.6) is 23.5 Å². The minimum Gasteiger partial charge on any atom is -0.489 e. The van der Waals surface area contributed by atoms with Crippen LogP contribution in [0.15, 0.2) is 60.9 Å². The Bertz CT molecular complexity index is 1800. The molecule has 0 fully saturated rings. The number of nitro groups is 2. The van der Waals surface area contributed by atoms with Gasteiger partial charge in [0.05, 0.1) is 6.54 Å². The fourth-order valence-electron chi connectivity index (χ4n) is 6.97. The summed E-state index contributed by atoms with van der Waals surface area (Å²) in [6, 6.07) is 17.2. The molecular weight excluding hydrogens is 914 g/mol. The van der Waals surface area contributed by atoms with E-state index in [-0.39, 0.29) is 23.7 Å². The molecule has 2 aromatic carbocycles. The zero-order valence-corrected chi connectivity index (χ0v) is 36.8. The molecule has 2 atom stereocenters. The second-order valence-corrected chi connectivity index (χ2v) is 29.3. The number of unbranched alkanes of at least 4 members (excludes halogenated alkanes) is 3. The van der Waals surface area contributed by atoms with E-state index >= 15 is 0 Å². The summed E-state index contributed by atoms with van der Waals surface area (Å²) >= 11 is -0.197. The number of hydrogen-bond donors (Lipinski definition) is 0. The van der Waals surface area contributed by atoms with Crippen LogP contribution in [0.3, 0.4) is 0 Å². The second kappa shape index (κ2) is 18.3. The minimum atomic E-state index is -2.42. The summed E-state index contributed by atoms with van der Waals surface area (Å²) < 4.78 is 33.9. The number of fused-ring (bicyclic) bond motifs is 2. The van der Waals surface area contributed by atoms with E-state index in [2.05, 4.69) is 77.6 Å². The van der Waals surface area contributed by atoms with Crippen molar-refractivity contribution >= 4 is 56.2 Å². The number of ether oxygens (including phenoxy) is 4. The molecule has 0 radical (unpaired) electrons. The Labute approximate surface area is 334 Å². The molecule has 0 saturated heterocycles. The number of benzene rings is 2. The van der Waals surface area contributed by atoms with Crippen LogP contribution in [-0.4, -0.2) is 71.7 Å². The van der Waals surface area contributed by atoms with Gasteiger partial charge in [-0.1, -0.05) is 0 Å². The van der Waals surface area contributed by atoms with E-state index in [1.807, 2.05) is 38.1 Å². The molecule has 6 rings (SSSR count). The van der Waals surface area contributed by atoms with Crippen LogP contribution in [0.2, 0.25) is 13.3 Å². The molecule has 0 spiro atoms. The summed E-state index contributed by atoms with van der Waals surface area (Å²) in [7, 11) is 0. The molecule has 0 unspecified atom stereocenters. The standard InChI is InChI=1S/C13H12IN3O4.C13H12N3O4.3C4H9.Sn/c1-13(8-20-10-4-2-9(14)3-5-10)7-16-6-11(17(18)19)15-12(16)21-13;1-13(9-19-10-5-3-2-4-6-10)8-15-7-11(16(17)18)14-12(15)20-13;3*1-3-4-2;/h2-6H,7-8H2,1H3;3-7H,8-9H2,1H3;3*1,3-4H2,2H3;/t2*13-;;;;/m11..../s1. The van der Waals surface area contributed by atoms with Gasteiger partial charge in [-0.3, -0.25) is 4.57 Å². The average Bonchev–Trinajstić information content (AvgIpc) is 3.89. The molecule has 4 aromatic rings. The van der Waals surface area contributed by atoms with Gasteiger partial charge in [-0.25, -0.2) is 0 Å². The fourth-order valence-corrected chi connectivity index (χ4v) is 23.3. The first kappa shape index (κ1) is 41.5. The van der Waals surface area contributed by atoms with Crippen molar-refractivity contribution in [3.63, 3.8) is 0 Å². The number of nitrogens with zero attached hydrogens (tertiary/aromatic N) is 6. The van der Waals surface area contributed by atoms with Crippen molar-refractivity contribution in [2.75, 3.05) is 13.2 Å². The first-order valence-electron chi connectivity index (χ1n) is 18.7. The largest absolute Gasteiger partial charge is 0.489 e. The maximum absolute atomic E-state index is 10.9. The quantitative estimate of drug-likeness (QED) is 0.0409. The Morgan fingerprint density at radius 2 is 1.11 bits per heavy atom. The molecule has 2 aromatic heterocycles. The third-order valence-corrected chi connectivity index (χ3v) is 26.3. The van der Waals surface area contributed by atoms with Crippen molar-refractivity contribution in [1.29, 1.82) is 0 Å². The Morgan fingerprint density at radius 1 is 0.722 bits per heavy atom. The first-order valence-corrected chi connectivity index (χ1v) is 27.3. The normalized spacial score (nSPS) is 18.5. The number of halogens is 1. The van der Waals surface area contributed by atoms with Gasteiger partial charge < -0.3 is 29.7 Å². The van der Waals surface area contributed by atoms with E-state index in [0.717, 1.165) is 15.1 Å². The Balaban J connectivity index is 0.000000228. The van der Waals surface area contributed by atoms with Gasteiger partial charge in [0, 0.05) is 8.55 Å². The van der Waals surface area contributed by atoms with Gasteiger partial charge in [-0.2, -0.15) is 0 Å². The molecule has 2 aliphatic heterocycles. The summed E-state index contributed by atoms with van der Waals surface area (Å²) in [6.07, 6.45) is 10.7. The summed E-state index contributed by atoms with van der Waals surface area (Å²) in [5, 5.41) is 21.6. The van der Waals surface area contributed by atoms with Gasteiger partial charge in [0.25, 0.3) is 0 Å². The van der Waals surface area contributed by atoms with E-state index in [9.17, 15) is 20.2 Å². The molecule has 16 heteroatoms. The van der Waals surface area contributed by atoms with Crippen LogP contribution in [0, 0.1) is 23.8 Å². The summed E-state index contributed by atoms with van der Waals surface area (Å²) in [4.78, 5) is 28.3. The van der Waals surface area contributed by atoms with Crippen LogP contribution in [0.1, 0.15) is 73.1 Å². The van der Waals surface area contributed by atoms with Crippen molar-refractivity contribution in [3.8, 4) is 23.5 Å². The number of hydrogen-bond acceptors (Lipinski definition) is 10. The van der Waals surface area contributed by atoms with E-state index in [1.165, 1.54) is 64.2 Å². The second-order valence-electron chi connectivity index (χ2n) is 14.8. The van der Waals surface area contributed by atoms with Crippen LogP contribution >= 0.6 is 22.6 Å². The van der Waals surface area contributed by atoms with Crippen molar-refractivity contribution in [2.24, 2.45) is 0 Å². The predicted molar refractivity (Wildman–Crippen MR) is 217 cm³/mol. The minimum absolute atomic E-state index is 0.187. The zero-order chi connectivity index (χ0) is 38.9. The topological polar surface area (TPSA) is 159 Å². The third kappa shape index (κ3) is 10.6. The maximum atomic E-state index is 10.9. The molecule has 0 N–H and O–H groups in total. The summed E-state index contributed by atoms with van der Waals surface area (Å²) in [5.74, 6) is 1.22. The van der Waals surface area contributed by atoms with Gasteiger partial charge in [0.2, 0.25) is 0 Å². The van der Waals surface area contributed by atoms with E-state index in [1.54, 1.807) is 12.7 Å². The van der Waals surface area contributed by atoms with Gasteiger partial charge in [-0.15, -0.1) is 0 Å². The maximum Gasteiger partial charge on any atom is 0.415 e. The number of aromatic nitrogens is 4. The van der Waals surface area contributed by atoms with Crippen LogP contribution in [-0.2, 0) is 13.1 Å². The van der Waals surface area contributed by atoms with Gasteiger partial charge in [0.15, 0.2) is 5.60 Å². The molecule has 0 aliphatic carbocycles. The van der Waals surface area contributed by atoms with Gasteiger partial charge >= 0.3 is 204 Å². The number of imidazole rings is 2. The van der Waals surface area contributed by atoms with Crippen molar-refractivity contribution in [3.05, 3.63) is 84.7 Å². The molecule has 0 amide bonds. The predicted octanol–water partition coefficient (Wildman–Crippen LogP) is 8.70. The van der Waals surface area contributed by atoms with E-state index in [0.29, 0.717) is 26.3 Å². The third-order valence-electron chi connectivity index (χ3n) is 9.91. The molecule has 0 bridgehead atoms. The molecule has 14 nitrogen and oxygen atoms in total. The van der Waals surface area contributed by atoms with E-state index in [4.69, 9.17) is 18.9 Å². The summed E-state index contributed by atoms with van der Waals surface area (Å²) in [5.41, 5.74) is -1.18. The van der Waals surface area contributed by atoms with Crippen molar-refractivity contribution in [1.82, 2.24) is 19.1 Å². The fraction of sp³-hybridized carbons (Fsp3) is 0.526. The van der Waals surface area contributed by atoms with E-state index < -0.39 is 39.4 Å². The summed E-state index contributed by atoms with van der Waals surface area (Å²) in [6.45, 7) is 12.4. The number of rotatable bonds is 18. The molecule has 2 aliphatic rings. The van der Waals surface area contributed by atoms with Gasteiger partial charge in [0.1, 0.15) is 18.6 Å². The van der Waals surface area contributed by atoms with Crippen molar-refractivity contribution < 1.29 is 28.8 Å². The molecule has 4 heterocycles. The Hall–Kier alpha value is -3.61. The first-order chi connectivity index (χ1) is 25.8. The van der Waals surface area contributed by atoms with Crippen LogP contribution in [0.4, 0.5) is 11.6 Å². The zero-order valence-electron chi connectivity index (χ0n) is 31.8. The smallest absolute Gasteiger partial charge is 0.415 e. The van der Waals surface area contributed by atoms with Crippen LogP contribution < -0.4 is 22.5 Å². The Kier molecular flexibility index (Phi) is 14.1. The molecule has 0 saturated carbocycles. The Morgan fingerprint density at radius 3 is 1.46 bits per heavy atom. The molecular formula is C38H51IN6O8Sn. The monoisotopic (exact) mass is 966 g/mol. The van der Waals surface area contributed by atoms with Crippen molar-refractivity contribution in [2.45, 2.75) is 111 Å². The molecule has 54 heavy (non-hydrogen) atoms. The average molecular weight is 965 g/mol. The van der Waals surface area contributed by atoms with Crippen LogP contribution in [0.25, 0.3) is 0 Å². The van der Waals surface area contributed by atoms with Gasteiger partial charge in [-0.05, 0) is 58.7 Å². The SMILES string of the molecule is CCC[CH2][Sn]([CH2]CCC)([CH2]CCC)[c]1ccc(OC[C@@]2(C)Cn3cc([N+](=O)[O-])nc3O2)cc1.C[C@]1(COc2ccc(I)cc2)Cn2cc([N+](=O)[O-])nc2O1.